The average molecular weight is 310 g/mol. The van der Waals surface area contributed by atoms with Crippen LogP contribution < -0.4 is 4.74 Å². The fourth-order valence-corrected chi connectivity index (χ4v) is 1.68. The number of benzene rings is 2. The molecule has 2 aromatic rings. The van der Waals surface area contributed by atoms with Crippen LogP contribution >= 0.6 is 0 Å². The van der Waals surface area contributed by atoms with Crippen LogP contribution in [0.5, 0.6) is 5.75 Å². The van der Waals surface area contributed by atoms with Gasteiger partial charge in [-0.3, -0.25) is 0 Å². The van der Waals surface area contributed by atoms with Crippen molar-refractivity contribution in [3.05, 3.63) is 66.7 Å². The maximum Gasteiger partial charge on any atom is 0.333 e. The van der Waals surface area contributed by atoms with Crippen molar-refractivity contribution < 1.29 is 14.3 Å². The molecule has 0 aliphatic heterocycles. The Morgan fingerprint density at radius 2 is 1.70 bits per heavy atom. The Labute approximate surface area is 135 Å². The highest BCUT2D eigenvalue weighted by atomic mass is 16.6. The molecule has 2 rings (SSSR count). The van der Waals surface area contributed by atoms with Gasteiger partial charge in [-0.25, -0.2) is 4.79 Å². The van der Waals surface area contributed by atoms with Crippen LogP contribution in [0.1, 0.15) is 6.92 Å². The SMILES string of the molecule is C=C(C)C(=O)OCCOc1ccccc1N=Nc1ccccc1. The highest BCUT2D eigenvalue weighted by molar-refractivity contribution is 5.86. The van der Waals surface area contributed by atoms with E-state index in [-0.39, 0.29) is 13.2 Å². The first-order valence-corrected chi connectivity index (χ1v) is 7.18. The van der Waals surface area contributed by atoms with Crippen molar-refractivity contribution in [2.75, 3.05) is 13.2 Å². The van der Waals surface area contributed by atoms with Crippen LogP contribution in [0.3, 0.4) is 0 Å². The minimum atomic E-state index is -0.425. The van der Waals surface area contributed by atoms with Crippen molar-refractivity contribution in [3.8, 4) is 5.75 Å². The second kappa shape index (κ2) is 8.48. The monoisotopic (exact) mass is 310 g/mol. The van der Waals surface area contributed by atoms with Gasteiger partial charge in [-0.15, -0.1) is 5.11 Å². The van der Waals surface area contributed by atoms with Crippen LogP contribution in [0.2, 0.25) is 0 Å². The minimum Gasteiger partial charge on any atom is -0.488 e. The van der Waals surface area contributed by atoms with Crippen molar-refractivity contribution in [3.63, 3.8) is 0 Å². The molecule has 0 aromatic heterocycles. The van der Waals surface area contributed by atoms with Crippen molar-refractivity contribution in [1.82, 2.24) is 0 Å². The van der Waals surface area contributed by atoms with E-state index in [0.29, 0.717) is 17.0 Å². The molecule has 2 aromatic carbocycles. The van der Waals surface area contributed by atoms with Crippen LogP contribution in [0.25, 0.3) is 0 Å². The van der Waals surface area contributed by atoms with E-state index in [9.17, 15) is 4.79 Å². The predicted molar refractivity (Wildman–Crippen MR) is 88.3 cm³/mol. The summed E-state index contributed by atoms with van der Waals surface area (Å²) < 4.78 is 10.6. The number of carbonyl (C=O) groups is 1. The first-order valence-electron chi connectivity index (χ1n) is 7.18. The molecule has 0 aliphatic carbocycles. The van der Waals surface area contributed by atoms with Gasteiger partial charge in [-0.05, 0) is 31.2 Å². The Morgan fingerprint density at radius 1 is 1.00 bits per heavy atom. The number of hydrogen-bond donors (Lipinski definition) is 0. The van der Waals surface area contributed by atoms with E-state index in [4.69, 9.17) is 9.47 Å². The topological polar surface area (TPSA) is 60.2 Å². The van der Waals surface area contributed by atoms with Crippen LogP contribution in [0.15, 0.2) is 77.0 Å². The summed E-state index contributed by atoms with van der Waals surface area (Å²) >= 11 is 0. The summed E-state index contributed by atoms with van der Waals surface area (Å²) in [5.74, 6) is 0.157. The summed E-state index contributed by atoms with van der Waals surface area (Å²) in [5.41, 5.74) is 1.74. The highest BCUT2D eigenvalue weighted by Gasteiger charge is 2.05. The largest absolute Gasteiger partial charge is 0.488 e. The van der Waals surface area contributed by atoms with Crippen molar-refractivity contribution >= 4 is 17.3 Å². The molecule has 0 saturated heterocycles. The van der Waals surface area contributed by atoms with Crippen molar-refractivity contribution in [1.29, 1.82) is 0 Å². The summed E-state index contributed by atoms with van der Waals surface area (Å²) in [4.78, 5) is 11.3. The fourth-order valence-electron chi connectivity index (χ4n) is 1.68. The summed E-state index contributed by atoms with van der Waals surface area (Å²) in [6.45, 7) is 5.50. The molecule has 5 heteroatoms. The van der Waals surface area contributed by atoms with E-state index in [1.54, 1.807) is 13.0 Å². The standard InChI is InChI=1S/C18H18N2O3/c1-14(2)18(21)23-13-12-22-17-11-7-6-10-16(17)20-19-15-8-4-3-5-9-15/h3-11H,1,12-13H2,2H3. The Morgan fingerprint density at radius 3 is 2.43 bits per heavy atom. The summed E-state index contributed by atoms with van der Waals surface area (Å²) in [6.07, 6.45) is 0. The number of hydrogen-bond acceptors (Lipinski definition) is 5. The molecule has 0 unspecified atom stereocenters. The number of ether oxygens (including phenoxy) is 2. The Kier molecular flexibility index (Phi) is 6.06. The summed E-state index contributed by atoms with van der Waals surface area (Å²) in [6, 6.07) is 16.7. The van der Waals surface area contributed by atoms with Gasteiger partial charge in [0, 0.05) is 5.57 Å². The Bertz CT molecular complexity index is 696. The molecule has 0 radical (unpaired) electrons. The lowest BCUT2D eigenvalue weighted by molar-refractivity contribution is -0.139. The first kappa shape index (κ1) is 16.4. The maximum atomic E-state index is 11.3. The van der Waals surface area contributed by atoms with Gasteiger partial charge in [0.15, 0.2) is 0 Å². The molecule has 0 saturated carbocycles. The number of nitrogens with zero attached hydrogens (tertiary/aromatic N) is 2. The Hall–Kier alpha value is -2.95. The highest BCUT2D eigenvalue weighted by Crippen LogP contribution is 2.28. The molecule has 0 amide bonds. The molecule has 0 spiro atoms. The van der Waals surface area contributed by atoms with E-state index in [2.05, 4.69) is 16.8 Å². The van der Waals surface area contributed by atoms with E-state index in [1.807, 2.05) is 48.5 Å². The zero-order valence-corrected chi connectivity index (χ0v) is 12.9. The van der Waals surface area contributed by atoms with E-state index >= 15 is 0 Å². The van der Waals surface area contributed by atoms with Gasteiger partial charge in [-0.1, -0.05) is 36.9 Å². The lowest BCUT2D eigenvalue weighted by atomic mass is 10.3. The third-order valence-electron chi connectivity index (χ3n) is 2.82. The third-order valence-corrected chi connectivity index (χ3v) is 2.82. The molecule has 0 fully saturated rings. The number of carbonyl (C=O) groups excluding carboxylic acids is 1. The molecule has 0 atom stereocenters. The van der Waals surface area contributed by atoms with Gasteiger partial charge in [0.25, 0.3) is 0 Å². The normalized spacial score (nSPS) is 10.5. The van der Waals surface area contributed by atoms with Gasteiger partial charge in [0.1, 0.15) is 24.7 Å². The molecule has 5 nitrogen and oxygen atoms in total. The van der Waals surface area contributed by atoms with E-state index in [1.165, 1.54) is 0 Å². The number of azo groups is 1. The molecule has 0 N–H and O–H groups in total. The predicted octanol–water partition coefficient (Wildman–Crippen LogP) is 4.60. The van der Waals surface area contributed by atoms with E-state index in [0.717, 1.165) is 5.69 Å². The zero-order valence-electron chi connectivity index (χ0n) is 12.9. The number of rotatable bonds is 7. The molecular weight excluding hydrogens is 292 g/mol. The van der Waals surface area contributed by atoms with Crippen molar-refractivity contribution in [2.45, 2.75) is 6.92 Å². The molecule has 0 heterocycles. The maximum absolute atomic E-state index is 11.3. The molecule has 0 aliphatic rings. The van der Waals surface area contributed by atoms with Crippen LogP contribution in [-0.4, -0.2) is 19.2 Å². The van der Waals surface area contributed by atoms with E-state index < -0.39 is 5.97 Å². The van der Waals surface area contributed by atoms with Gasteiger partial charge in [0.2, 0.25) is 0 Å². The smallest absolute Gasteiger partial charge is 0.333 e. The van der Waals surface area contributed by atoms with Crippen LogP contribution in [0, 0.1) is 0 Å². The minimum absolute atomic E-state index is 0.149. The zero-order chi connectivity index (χ0) is 16.5. The third kappa shape index (κ3) is 5.39. The molecule has 118 valence electrons. The first-order chi connectivity index (χ1) is 11.2. The lowest BCUT2D eigenvalue weighted by Crippen LogP contribution is -2.12. The van der Waals surface area contributed by atoms with Gasteiger partial charge >= 0.3 is 5.97 Å². The number of para-hydroxylation sites is 1. The average Bonchev–Trinajstić information content (AvgIpc) is 2.58. The van der Waals surface area contributed by atoms with Gasteiger partial charge in [-0.2, -0.15) is 5.11 Å². The quantitative estimate of drug-likeness (QED) is 0.325. The van der Waals surface area contributed by atoms with Crippen molar-refractivity contribution in [2.24, 2.45) is 10.2 Å². The van der Waals surface area contributed by atoms with Gasteiger partial charge < -0.3 is 9.47 Å². The summed E-state index contributed by atoms with van der Waals surface area (Å²) in [5, 5.41) is 8.36. The summed E-state index contributed by atoms with van der Waals surface area (Å²) in [7, 11) is 0. The fraction of sp³-hybridized carbons (Fsp3) is 0.167. The molecule has 23 heavy (non-hydrogen) atoms. The number of esters is 1. The second-order valence-electron chi connectivity index (χ2n) is 4.77. The lowest BCUT2D eigenvalue weighted by Gasteiger charge is -2.08. The van der Waals surface area contributed by atoms with Crippen LogP contribution in [-0.2, 0) is 9.53 Å². The Balaban J connectivity index is 1.94. The van der Waals surface area contributed by atoms with Crippen LogP contribution in [0.4, 0.5) is 11.4 Å². The van der Waals surface area contributed by atoms with Gasteiger partial charge in [0.05, 0.1) is 5.69 Å². The molecular formula is C18H18N2O3. The molecule has 0 bridgehead atoms. The second-order valence-corrected chi connectivity index (χ2v) is 4.77.